The van der Waals surface area contributed by atoms with E-state index >= 15 is 9.59 Å². The quantitative estimate of drug-likeness (QED) is 0.0203. The second-order valence-corrected chi connectivity index (χ2v) is 65.5. The largest absolute Gasteiger partial charge is 0.445 e. The minimum absolute atomic E-state index is 0.0277. The highest BCUT2D eigenvalue weighted by Crippen LogP contribution is 2.50. The summed E-state index contributed by atoms with van der Waals surface area (Å²) in [5.41, 5.74) is 3.68. The zero-order valence-corrected chi connectivity index (χ0v) is 83.5. The Balaban J connectivity index is 1.08. The molecule has 5 aliphatic heterocycles. The number of rotatable bonds is 31. The number of ether oxygens (including phenoxy) is 13. The van der Waals surface area contributed by atoms with Crippen LogP contribution in [0.5, 0.6) is 0 Å². The number of carbonyl (C=O) groups is 5. The Morgan fingerprint density at radius 3 is 1.24 bits per heavy atom. The maximum atomic E-state index is 15.3. The van der Waals surface area contributed by atoms with Crippen molar-refractivity contribution in [2.75, 3.05) is 19.8 Å². The van der Waals surface area contributed by atoms with Gasteiger partial charge in [-0.1, -0.05) is 256 Å². The van der Waals surface area contributed by atoms with Crippen molar-refractivity contribution in [2.24, 2.45) is 0 Å². The summed E-state index contributed by atoms with van der Waals surface area (Å²) in [6.45, 7) is 52.3. The lowest BCUT2D eigenvalue weighted by Crippen LogP contribution is -2.71. The molecule has 6 fully saturated rings. The van der Waals surface area contributed by atoms with Gasteiger partial charge in [-0.15, -0.1) is 0 Å². The van der Waals surface area contributed by atoms with Gasteiger partial charge < -0.3 is 110 Å². The third-order valence-corrected chi connectivity index (χ3v) is 49.6. The van der Waals surface area contributed by atoms with E-state index in [-0.39, 0.29) is 57.6 Å². The van der Waals surface area contributed by atoms with E-state index in [9.17, 15) is 14.4 Å². The van der Waals surface area contributed by atoms with E-state index in [2.05, 4.69) is 196 Å². The molecule has 0 bridgehead atoms. The van der Waals surface area contributed by atoms with Gasteiger partial charge in [0, 0.05) is 12.1 Å². The van der Waals surface area contributed by atoms with Crippen LogP contribution in [0.1, 0.15) is 144 Å². The van der Waals surface area contributed by atoms with Crippen molar-refractivity contribution in [3.8, 4) is 0 Å². The number of fused-ring (bicyclic) bond motifs is 2. The molecule has 0 spiro atoms. The zero-order chi connectivity index (χ0) is 91.9. The van der Waals surface area contributed by atoms with Gasteiger partial charge in [-0.2, -0.15) is 0 Å². The lowest BCUT2D eigenvalue weighted by Gasteiger charge is -2.53. The zero-order valence-electron chi connectivity index (χ0n) is 78.5. The molecule has 5 saturated heterocycles. The van der Waals surface area contributed by atoms with Crippen molar-refractivity contribution in [3.63, 3.8) is 0 Å². The monoisotopic (exact) mass is 1840 g/mol. The molecule has 126 heavy (non-hydrogen) atoms. The molecule has 6 aliphatic rings. The fourth-order valence-corrected chi connectivity index (χ4v) is 20.8. The Kier molecular flexibility index (Phi) is 32.2. The number of amides is 5. The predicted octanol–water partition coefficient (Wildman–Crippen LogP) is 17.7. The molecule has 1 saturated carbocycles. The van der Waals surface area contributed by atoms with Crippen LogP contribution in [0, 0.1) is 0 Å². The molecule has 5 N–H and O–H groups in total. The normalized spacial score (nSPS) is 28.2. The second kappa shape index (κ2) is 40.8. The first-order valence-corrected chi connectivity index (χ1v) is 58.9. The molecule has 5 heterocycles. The Labute approximate surface area is 751 Å². The molecule has 33 heteroatoms. The van der Waals surface area contributed by atoms with Gasteiger partial charge in [0.1, 0.15) is 93.4 Å². The number of alkyl carbamates (subject to hydrolysis) is 5. The van der Waals surface area contributed by atoms with E-state index in [1.807, 2.05) is 152 Å². The second-order valence-electron chi connectivity index (χ2n) is 41.6. The summed E-state index contributed by atoms with van der Waals surface area (Å²) in [5.74, 6) is 0. The lowest BCUT2D eigenvalue weighted by molar-refractivity contribution is -0.356. The van der Waals surface area contributed by atoms with Crippen molar-refractivity contribution in [1.29, 1.82) is 0 Å². The van der Waals surface area contributed by atoms with Crippen molar-refractivity contribution in [3.05, 3.63) is 179 Å². The van der Waals surface area contributed by atoms with Crippen LogP contribution in [0.2, 0.25) is 90.7 Å². The summed E-state index contributed by atoms with van der Waals surface area (Å²) in [4.78, 5) is 74.0. The maximum absolute atomic E-state index is 15.3. The third-order valence-electron chi connectivity index (χ3n) is 27.2. The van der Waals surface area contributed by atoms with Crippen LogP contribution in [-0.2, 0) is 110 Å². The molecular weight excluding hydrogens is 1700 g/mol. The van der Waals surface area contributed by atoms with Crippen molar-refractivity contribution in [2.45, 2.75) is 350 Å². The molecule has 5 aromatic rings. The Bertz CT molecular complexity index is 4370. The molecule has 20 atom stereocenters. The summed E-state index contributed by atoms with van der Waals surface area (Å²) in [6, 6.07) is 42.1. The molecule has 0 radical (unpaired) electrons. The van der Waals surface area contributed by atoms with E-state index < -0.39 is 215 Å². The Morgan fingerprint density at radius 2 is 0.778 bits per heavy atom. The summed E-state index contributed by atoms with van der Waals surface area (Å²) in [6.07, 6.45) is -23.7. The van der Waals surface area contributed by atoms with Crippen molar-refractivity contribution >= 4 is 72.1 Å². The molecule has 11 rings (SSSR count). The number of carbonyl (C=O) groups excluding carboxylic acids is 5. The topological polar surface area (TPSA) is 312 Å². The molecule has 1 aliphatic carbocycles. The summed E-state index contributed by atoms with van der Waals surface area (Å²) in [7, 11) is -14.9. The SMILES string of the molecule is CC(C)(C)[Si](C)(C)OC[C@H]1O[C@@H](O[C@@H]2[C@H]3OC(=O)N[C@@H]3C[C@H](NC(=O)OCc3ccccc3)[C@H]2O[C@H]2O[C@@H]3COC(c4ccccc4)O[C@H]3[C@H](O[Si](C)(C)C(C)(C)C)[C@H]2NC(=O)OCc2ccccc2)[C@H](O[Si](C)(C)C(C)(C)C)[C@@H]1O[C@H]1O[C@@H](CNC(=O)OCc2ccccc2)[C@@H](O[Si](C)(C)C(C)(C)C)[C@H](O[Si](C)(C)C(C)(C)C)[C@H]1NC(=O)OCc1ccccc1. The van der Waals surface area contributed by atoms with Crippen LogP contribution in [0.15, 0.2) is 152 Å². The van der Waals surface area contributed by atoms with E-state index in [4.69, 9.17) is 83.7 Å². The Morgan fingerprint density at radius 1 is 0.397 bits per heavy atom. The average molecular weight is 1840 g/mol. The van der Waals surface area contributed by atoms with Gasteiger partial charge in [-0.25, -0.2) is 24.0 Å². The van der Waals surface area contributed by atoms with Crippen LogP contribution < -0.4 is 26.6 Å². The van der Waals surface area contributed by atoms with Crippen LogP contribution >= 0.6 is 0 Å². The molecule has 696 valence electrons. The first kappa shape index (κ1) is 99.6. The fraction of sp³-hybridized carbons (Fsp3) is 0.624. The summed E-state index contributed by atoms with van der Waals surface area (Å²) in [5, 5.41) is 13.5. The molecule has 5 amide bonds. The van der Waals surface area contributed by atoms with Crippen LogP contribution in [0.25, 0.3) is 0 Å². The first-order valence-electron chi connectivity index (χ1n) is 44.3. The van der Waals surface area contributed by atoms with Gasteiger partial charge in [0.25, 0.3) is 0 Å². The van der Waals surface area contributed by atoms with Gasteiger partial charge >= 0.3 is 30.5 Å². The maximum Gasteiger partial charge on any atom is 0.407 e. The molecular formula is C93H141N5O23Si5. The highest BCUT2D eigenvalue weighted by molar-refractivity contribution is 6.76. The summed E-state index contributed by atoms with van der Waals surface area (Å²) < 4.78 is 129. The van der Waals surface area contributed by atoms with Crippen LogP contribution in [0.3, 0.4) is 0 Å². The van der Waals surface area contributed by atoms with Crippen molar-refractivity contribution < 1.29 is 108 Å². The third kappa shape index (κ3) is 25.2. The standard InChI is InChI=1S/C93H141N5O23Si5/c1-89(2,3)122(16,17)109-58-68-74(115-81-70(98-87(102)108-56-62-47-37-29-38-48-62)77(120-125(22,23)92(10,11)12)75(118-123(18,19)90(4,5)6)66(110-81)52-94-84(99)105-53-59-41-31-26-32-42-59)79(121-126(24,25)93(13,14)15)83(112-68)116-78-71(64(51-65-72(78)117-88(103)96-65)95-85(100)106-54-60-43-33-27-34-44-60)113-82-69(97-86(101)107-55-61-45-35-28-36-46-61)76(119-124(20,21)91(7,8)9)73-67(111-82)57-104-80(114-73)63-49-39-30-40-50-63/h26-50,64-83H,51-58H2,1-25H3,(H,94,99)(H,95,100)(H,96,103)(H,97,101)(H,98,102)/t64-,65+,66-,67+,68+,69+,70+,71+,72-,73+,74+,75+,76+,77+,78-,79+,80?,81+,82+,83-/m0/s1. The minimum Gasteiger partial charge on any atom is -0.445 e. The molecule has 0 aromatic heterocycles. The molecule has 5 aromatic carbocycles. The van der Waals surface area contributed by atoms with E-state index in [0.29, 0.717) is 5.56 Å². The highest BCUT2D eigenvalue weighted by Gasteiger charge is 2.64. The number of hydrogen-bond acceptors (Lipinski definition) is 23. The smallest absolute Gasteiger partial charge is 0.407 e. The van der Waals surface area contributed by atoms with Gasteiger partial charge in [-0.3, -0.25) is 0 Å². The van der Waals surface area contributed by atoms with Gasteiger partial charge in [0.2, 0.25) is 0 Å². The highest BCUT2D eigenvalue weighted by atomic mass is 28.4. The van der Waals surface area contributed by atoms with Gasteiger partial charge in [0.15, 0.2) is 72.9 Å². The average Bonchev–Trinajstić information content (AvgIpc) is 1.09. The molecule has 28 nitrogen and oxygen atoms in total. The van der Waals surface area contributed by atoms with Gasteiger partial charge in [-0.05, 0) is 119 Å². The van der Waals surface area contributed by atoms with Crippen molar-refractivity contribution in [1.82, 2.24) is 26.6 Å². The van der Waals surface area contributed by atoms with E-state index in [1.165, 1.54) is 0 Å². The number of hydrogen-bond donors (Lipinski definition) is 5. The first-order chi connectivity index (χ1) is 58.9. The fourth-order valence-electron chi connectivity index (χ4n) is 14.6. The van der Waals surface area contributed by atoms with E-state index in [1.54, 1.807) is 0 Å². The lowest BCUT2D eigenvalue weighted by atomic mass is 9.83. The number of nitrogens with one attached hydrogen (secondary N) is 5. The predicted molar refractivity (Wildman–Crippen MR) is 489 cm³/mol. The Hall–Kier alpha value is -6.99. The number of benzene rings is 5. The van der Waals surface area contributed by atoms with Crippen LogP contribution in [-0.4, -0.2) is 208 Å². The molecule has 1 unspecified atom stereocenters. The summed E-state index contributed by atoms with van der Waals surface area (Å²) >= 11 is 0. The minimum atomic E-state index is -3.19. The van der Waals surface area contributed by atoms with E-state index in [0.717, 1.165) is 22.3 Å². The van der Waals surface area contributed by atoms with Crippen LogP contribution in [0.4, 0.5) is 24.0 Å². The van der Waals surface area contributed by atoms with Gasteiger partial charge in [0.05, 0.1) is 37.5 Å².